The molecule has 7 atom stereocenters. The number of nitrogens with one attached hydrogen (secondary N) is 8. The first-order valence-electron chi connectivity index (χ1n) is 32.5. The minimum atomic E-state index is -1.98. The van der Waals surface area contributed by atoms with E-state index in [1.807, 2.05) is 41.5 Å². The zero-order chi connectivity index (χ0) is 72.8. The molecule has 33 heteroatoms. The van der Waals surface area contributed by atoms with Gasteiger partial charge in [-0.05, 0) is 150 Å². The lowest BCUT2D eigenvalue weighted by Gasteiger charge is -2.32. The van der Waals surface area contributed by atoms with Crippen molar-refractivity contribution < 1.29 is 82.4 Å². The number of thiol groups is 1. The molecule has 96 heavy (non-hydrogen) atoms. The van der Waals surface area contributed by atoms with E-state index in [2.05, 4.69) is 80.9 Å². The van der Waals surface area contributed by atoms with Crippen LogP contribution >= 0.6 is 36.2 Å². The molecule has 4 fully saturated rings. The molecule has 15 N–H and O–H groups in total. The van der Waals surface area contributed by atoms with Gasteiger partial charge in [-0.3, -0.25) is 87.2 Å². The highest BCUT2D eigenvalue weighted by atomic mass is 32.2. The molecule has 2 saturated carbocycles. The number of imide groups is 2. The van der Waals surface area contributed by atoms with Crippen LogP contribution in [0.3, 0.4) is 0 Å². The lowest BCUT2D eigenvalue weighted by atomic mass is 9.81. The summed E-state index contributed by atoms with van der Waals surface area (Å²) in [4.78, 5) is 185. The standard InChI is InChI=1S/C42H69N11O14S2.C21H36N2O3S/c1-41(2,3)51-33(61)22-11-9-21(10-12-22)18-53-29(54)17-28(39(53)67)69-20-46-27(19-68)37(65)49-25(15-31(57)58)36(64)48-24(14-30(55)56)35(63)47-23(8-7-13-45-40(43)44)34(62)50-26(16-32(59)60)38(66)52-42(4,5)6;1-20(2,3)13-27-16-11-17(24)23(19(16)26)12-14-7-9-15(10-8-14)18(25)22-21(4,5)6/h21-28,46,68H,7-20H2,1-6H3,(H,47,63)(H,48,64)(H,49,65)(H,50,62)(H,51,61)(H,52,66)(H,55,56)(H,57,58)(H,59,60)(H4,43,44,45);14-16H,7-13H2,1-6H3,(H,22,25)/t21?,22?,23-,24?,25-,26?,27?,28?;/m0./s1. The quantitative estimate of drug-likeness (QED) is 0.0113. The van der Waals surface area contributed by atoms with E-state index in [-0.39, 0.29) is 119 Å². The largest absolute Gasteiger partial charge is 0.481 e. The minimum absolute atomic E-state index is 0.0122. The predicted octanol–water partition coefficient (Wildman–Crippen LogP) is 1.36. The summed E-state index contributed by atoms with van der Waals surface area (Å²) in [7, 11) is 0. The van der Waals surface area contributed by atoms with Crippen molar-refractivity contribution in [2.24, 2.45) is 45.5 Å². The second kappa shape index (κ2) is 37.8. The molecule has 2 saturated heterocycles. The van der Waals surface area contributed by atoms with Crippen molar-refractivity contribution >= 4 is 125 Å². The third-order valence-electron chi connectivity index (χ3n) is 15.7. The van der Waals surface area contributed by atoms with Gasteiger partial charge < -0.3 is 64.0 Å². The molecule has 0 aromatic rings. The number of carboxylic acids is 3. The van der Waals surface area contributed by atoms with E-state index in [1.54, 1.807) is 32.5 Å². The van der Waals surface area contributed by atoms with Gasteiger partial charge in [0, 0.05) is 72.6 Å². The van der Waals surface area contributed by atoms with Gasteiger partial charge in [0.2, 0.25) is 65.0 Å². The maximum absolute atomic E-state index is 13.6. The Balaban J connectivity index is 0.000000735. The monoisotopic (exact) mass is 1410 g/mol. The van der Waals surface area contributed by atoms with Crippen molar-refractivity contribution in [2.45, 2.75) is 237 Å². The summed E-state index contributed by atoms with van der Waals surface area (Å²) >= 11 is 6.86. The number of hydrogen-bond acceptors (Lipinski definition) is 19. The molecule has 0 radical (unpaired) electrons. The lowest BCUT2D eigenvalue weighted by Crippen LogP contribution is -2.60. The van der Waals surface area contributed by atoms with Gasteiger partial charge in [0.1, 0.15) is 24.2 Å². The summed E-state index contributed by atoms with van der Waals surface area (Å²) in [6.07, 6.45) is 3.13. The van der Waals surface area contributed by atoms with Crippen molar-refractivity contribution in [1.29, 1.82) is 0 Å². The van der Waals surface area contributed by atoms with Gasteiger partial charge >= 0.3 is 17.9 Å². The molecule has 0 bridgehead atoms. The van der Waals surface area contributed by atoms with Crippen LogP contribution in [-0.2, 0) is 67.1 Å². The SMILES string of the molecule is CC(C)(C)CSC1CC(=O)N(CC2CCC(C(=O)NC(C)(C)C)CC2)C1=O.CC(C)(C)NC(=O)C1CCC(CN2C(=O)CC(SCNC(CS)C(=O)N[C@@H](CC(=O)O)C(=O)NC(CC(=O)O)C(=O)N[C@@H](CCCN=C(N)N)C(=O)NC(CC(=O)O)C(=O)NC(C)(C)C)C2=O)CC1. The number of likely N-dealkylation sites (tertiary alicyclic amines) is 2. The van der Waals surface area contributed by atoms with Gasteiger partial charge in [0.05, 0.1) is 35.8 Å². The average molecular weight is 1410 g/mol. The van der Waals surface area contributed by atoms with Crippen LogP contribution in [0.2, 0.25) is 0 Å². The average Bonchev–Trinajstić information content (AvgIpc) is 1.65. The van der Waals surface area contributed by atoms with E-state index in [0.717, 1.165) is 43.2 Å². The zero-order valence-corrected chi connectivity index (χ0v) is 60.0. The molecule has 0 aromatic heterocycles. The predicted molar refractivity (Wildman–Crippen MR) is 364 cm³/mol. The Morgan fingerprint density at radius 1 is 0.521 bits per heavy atom. The zero-order valence-electron chi connectivity index (χ0n) is 57.5. The first-order valence-corrected chi connectivity index (χ1v) is 35.2. The van der Waals surface area contributed by atoms with Crippen LogP contribution in [-0.4, -0.2) is 208 Å². The summed E-state index contributed by atoms with van der Waals surface area (Å²) in [5.74, 6) is -10.1. The molecule has 4 rings (SSSR count). The van der Waals surface area contributed by atoms with Crippen LogP contribution in [0.4, 0.5) is 0 Å². The van der Waals surface area contributed by atoms with Crippen molar-refractivity contribution in [3.63, 3.8) is 0 Å². The number of aliphatic carboxylic acids is 3. The summed E-state index contributed by atoms with van der Waals surface area (Å²) in [5, 5.41) is 48.1. The van der Waals surface area contributed by atoms with E-state index in [0.29, 0.717) is 44.6 Å². The summed E-state index contributed by atoms with van der Waals surface area (Å²) < 4.78 is 0. The second-order valence-corrected chi connectivity index (χ2v) is 32.1. The molecule has 2 aliphatic carbocycles. The van der Waals surface area contributed by atoms with Crippen molar-refractivity contribution in [3.8, 4) is 0 Å². The molecular weight excluding hydrogens is 1310 g/mol. The number of carbonyl (C=O) groups is 14. The van der Waals surface area contributed by atoms with Crippen molar-refractivity contribution in [3.05, 3.63) is 0 Å². The number of aliphatic imine (C=N–C) groups is 1. The first kappa shape index (κ1) is 83.5. The number of thioether (sulfide) groups is 2. The summed E-state index contributed by atoms with van der Waals surface area (Å²) in [6, 6.07) is -8.28. The highest BCUT2D eigenvalue weighted by Crippen LogP contribution is 2.36. The Morgan fingerprint density at radius 3 is 1.23 bits per heavy atom. The second-order valence-electron chi connectivity index (χ2n) is 29.3. The molecule has 0 spiro atoms. The van der Waals surface area contributed by atoms with Gasteiger partial charge in [-0.15, -0.1) is 23.5 Å². The molecule has 2 aliphatic heterocycles. The van der Waals surface area contributed by atoms with Crippen LogP contribution in [0, 0.1) is 29.1 Å². The van der Waals surface area contributed by atoms with Gasteiger partial charge in [-0.25, -0.2) is 0 Å². The molecular formula is C63H105N13O17S3. The number of hydrogen-bond donors (Lipinski definition) is 14. The Morgan fingerprint density at radius 2 is 0.875 bits per heavy atom. The third kappa shape index (κ3) is 30.8. The van der Waals surface area contributed by atoms with Crippen LogP contribution in [0.5, 0.6) is 0 Å². The number of nitrogens with zero attached hydrogens (tertiary/aromatic N) is 3. The maximum atomic E-state index is 13.6. The minimum Gasteiger partial charge on any atom is -0.481 e. The number of guanidine groups is 1. The van der Waals surface area contributed by atoms with E-state index in [9.17, 15) is 82.4 Å². The highest BCUT2D eigenvalue weighted by Gasteiger charge is 2.43. The summed E-state index contributed by atoms with van der Waals surface area (Å²) in [5.41, 5.74) is 9.48. The van der Waals surface area contributed by atoms with Gasteiger partial charge in [0.15, 0.2) is 5.96 Å². The first-order chi connectivity index (χ1) is 44.3. The molecule has 2 heterocycles. The van der Waals surface area contributed by atoms with Gasteiger partial charge in [0.25, 0.3) is 0 Å². The van der Waals surface area contributed by atoms with E-state index in [4.69, 9.17) is 11.5 Å². The van der Waals surface area contributed by atoms with Crippen LogP contribution in [0.1, 0.15) is 179 Å². The highest BCUT2D eigenvalue weighted by molar-refractivity contribution is 8.00. The van der Waals surface area contributed by atoms with E-state index < -0.39 is 114 Å². The van der Waals surface area contributed by atoms with Crippen molar-refractivity contribution in [2.75, 3.05) is 37.0 Å². The fourth-order valence-corrected chi connectivity index (χ4v) is 13.5. The third-order valence-corrected chi connectivity index (χ3v) is 18.9. The Bertz CT molecular complexity index is 2820. The fourth-order valence-electron chi connectivity index (χ4n) is 10.9. The van der Waals surface area contributed by atoms with Gasteiger partial charge in [-0.2, -0.15) is 12.6 Å². The molecule has 542 valence electrons. The normalized spacial score (nSPS) is 21.6. The number of carboxylic acid groups (broad SMARTS) is 3. The van der Waals surface area contributed by atoms with Crippen LogP contribution < -0.4 is 54.0 Å². The van der Waals surface area contributed by atoms with Gasteiger partial charge in [-0.1, -0.05) is 20.8 Å². The number of rotatable bonds is 32. The van der Waals surface area contributed by atoms with E-state index in [1.165, 1.54) is 9.80 Å². The maximum Gasteiger partial charge on any atom is 0.305 e. The number of nitrogens with two attached hydrogens (primary N) is 2. The Labute approximate surface area is 576 Å². The topological polar surface area (TPSA) is 467 Å². The molecule has 11 amide bonds. The fraction of sp³-hybridized carbons (Fsp3) is 0.762. The Hall–Kier alpha value is -6.74. The van der Waals surface area contributed by atoms with Crippen LogP contribution in [0.15, 0.2) is 4.99 Å². The molecule has 0 aromatic carbocycles. The summed E-state index contributed by atoms with van der Waals surface area (Å²) in [6.45, 7) is 23.7. The molecule has 30 nitrogen and oxygen atoms in total. The van der Waals surface area contributed by atoms with Crippen molar-refractivity contribution in [1.82, 2.24) is 52.3 Å². The number of amides is 11. The lowest BCUT2D eigenvalue weighted by molar-refractivity contribution is -0.143. The van der Waals surface area contributed by atoms with E-state index >= 15 is 0 Å². The molecule has 5 unspecified atom stereocenters. The smallest absolute Gasteiger partial charge is 0.305 e. The molecule has 4 aliphatic rings. The van der Waals surface area contributed by atoms with Crippen LogP contribution in [0.25, 0.3) is 0 Å². The Kier molecular flexibility index (Phi) is 32.9. The number of carbonyl (C=O) groups excluding carboxylic acids is 11.